The van der Waals surface area contributed by atoms with Crippen molar-refractivity contribution in [3.8, 4) is 11.1 Å². The quantitative estimate of drug-likeness (QED) is 0.237. The average Bonchev–Trinajstić information content (AvgIpc) is 2.91. The van der Waals surface area contributed by atoms with Gasteiger partial charge in [0.15, 0.2) is 0 Å². The van der Waals surface area contributed by atoms with Gasteiger partial charge in [-0.3, -0.25) is 4.79 Å². The van der Waals surface area contributed by atoms with E-state index in [4.69, 9.17) is 14.6 Å². The van der Waals surface area contributed by atoms with Crippen molar-refractivity contribution in [3.05, 3.63) is 96.1 Å². The maximum absolute atomic E-state index is 12.4. The molecule has 3 aromatic carbocycles. The summed E-state index contributed by atoms with van der Waals surface area (Å²) < 4.78 is 37.3. The van der Waals surface area contributed by atoms with Crippen LogP contribution >= 0.6 is 0 Å². The Labute approximate surface area is 217 Å². The van der Waals surface area contributed by atoms with Gasteiger partial charge in [-0.05, 0) is 22.3 Å². The van der Waals surface area contributed by atoms with Crippen LogP contribution in [0, 0.1) is 0 Å². The van der Waals surface area contributed by atoms with E-state index in [1.54, 1.807) is 0 Å². The minimum absolute atomic E-state index is 0.195. The number of hydrogen-bond acceptors (Lipinski definition) is 4. The monoisotopic (exact) mass is 531 g/mol. The summed E-state index contributed by atoms with van der Waals surface area (Å²) in [6, 6.07) is 27.2. The van der Waals surface area contributed by atoms with Gasteiger partial charge in [-0.15, -0.1) is 0 Å². The molecule has 0 aliphatic heterocycles. The van der Waals surface area contributed by atoms with Crippen LogP contribution in [0.1, 0.15) is 23.7 Å². The lowest BCUT2D eigenvalue weighted by Gasteiger charge is -2.21. The number of urea groups is 1. The molecule has 0 heterocycles. The normalized spacial score (nSPS) is 11.4. The SMILES string of the molecule is CNC(=O)NC(NC(=O)CCOCc1ccccc1)c1ccc(-c2ccccc2)cc1.O=C(O)C(F)(F)F. The highest BCUT2D eigenvalue weighted by molar-refractivity contribution is 5.79. The van der Waals surface area contributed by atoms with Crippen molar-refractivity contribution < 1.29 is 37.4 Å². The second kappa shape index (κ2) is 15.0. The minimum Gasteiger partial charge on any atom is -0.475 e. The third kappa shape index (κ3) is 10.7. The Morgan fingerprint density at radius 3 is 1.89 bits per heavy atom. The molecule has 8 nitrogen and oxygen atoms in total. The number of carboxylic acid groups (broad SMARTS) is 1. The van der Waals surface area contributed by atoms with Crippen LogP contribution < -0.4 is 16.0 Å². The number of aliphatic carboxylic acids is 1. The lowest BCUT2D eigenvalue weighted by molar-refractivity contribution is -0.192. The molecule has 0 spiro atoms. The predicted molar refractivity (Wildman–Crippen MR) is 135 cm³/mol. The van der Waals surface area contributed by atoms with Crippen LogP contribution in [-0.2, 0) is 20.9 Å². The Balaban J connectivity index is 0.000000638. The smallest absolute Gasteiger partial charge is 0.475 e. The fourth-order valence-corrected chi connectivity index (χ4v) is 3.07. The first-order valence-electron chi connectivity index (χ1n) is 11.4. The van der Waals surface area contributed by atoms with E-state index in [0.717, 1.165) is 22.3 Å². The number of hydrogen-bond donors (Lipinski definition) is 4. The highest BCUT2D eigenvalue weighted by atomic mass is 19.4. The summed E-state index contributed by atoms with van der Waals surface area (Å²) in [4.78, 5) is 33.2. The van der Waals surface area contributed by atoms with E-state index in [1.165, 1.54) is 7.05 Å². The van der Waals surface area contributed by atoms with E-state index in [1.807, 2.05) is 84.9 Å². The van der Waals surface area contributed by atoms with E-state index in [0.29, 0.717) is 13.2 Å². The molecule has 1 unspecified atom stereocenters. The van der Waals surface area contributed by atoms with Crippen molar-refractivity contribution in [2.75, 3.05) is 13.7 Å². The van der Waals surface area contributed by atoms with Gasteiger partial charge in [-0.2, -0.15) is 13.2 Å². The van der Waals surface area contributed by atoms with E-state index < -0.39 is 18.3 Å². The van der Waals surface area contributed by atoms with Crippen molar-refractivity contribution in [2.24, 2.45) is 0 Å². The largest absolute Gasteiger partial charge is 0.490 e. The van der Waals surface area contributed by atoms with Gasteiger partial charge in [0.1, 0.15) is 6.17 Å². The summed E-state index contributed by atoms with van der Waals surface area (Å²) in [5, 5.41) is 15.3. The molecule has 11 heteroatoms. The number of halogens is 3. The molecular formula is C27H28F3N3O5. The molecule has 1 atom stereocenters. The third-order valence-corrected chi connectivity index (χ3v) is 4.99. The third-order valence-electron chi connectivity index (χ3n) is 4.99. The topological polar surface area (TPSA) is 117 Å². The highest BCUT2D eigenvalue weighted by Crippen LogP contribution is 2.21. The lowest BCUT2D eigenvalue weighted by Crippen LogP contribution is -2.44. The molecule has 38 heavy (non-hydrogen) atoms. The molecule has 0 aromatic heterocycles. The number of alkyl halides is 3. The van der Waals surface area contributed by atoms with Gasteiger partial charge in [0.05, 0.1) is 19.6 Å². The first kappa shape index (κ1) is 29.8. The molecule has 3 rings (SSSR count). The zero-order valence-electron chi connectivity index (χ0n) is 20.5. The predicted octanol–water partition coefficient (Wildman–Crippen LogP) is 4.64. The summed E-state index contributed by atoms with van der Waals surface area (Å²) >= 11 is 0. The summed E-state index contributed by atoms with van der Waals surface area (Å²) in [7, 11) is 1.53. The Morgan fingerprint density at radius 1 is 0.842 bits per heavy atom. The first-order chi connectivity index (χ1) is 18.1. The number of carboxylic acids is 1. The molecule has 4 N–H and O–H groups in total. The zero-order valence-corrected chi connectivity index (χ0v) is 20.5. The van der Waals surface area contributed by atoms with Crippen molar-refractivity contribution >= 4 is 17.9 Å². The van der Waals surface area contributed by atoms with Gasteiger partial charge >= 0.3 is 18.2 Å². The van der Waals surface area contributed by atoms with E-state index in [-0.39, 0.29) is 18.4 Å². The summed E-state index contributed by atoms with van der Waals surface area (Å²) in [6.45, 7) is 0.745. The second-order valence-electron chi connectivity index (χ2n) is 7.80. The molecule has 0 radical (unpaired) electrons. The molecule has 202 valence electrons. The van der Waals surface area contributed by atoms with Gasteiger partial charge in [0.2, 0.25) is 5.91 Å². The van der Waals surface area contributed by atoms with Gasteiger partial charge in [0.25, 0.3) is 0 Å². The maximum atomic E-state index is 12.4. The number of rotatable bonds is 9. The van der Waals surface area contributed by atoms with E-state index in [2.05, 4.69) is 16.0 Å². The minimum atomic E-state index is -5.08. The molecule has 0 fully saturated rings. The fourth-order valence-electron chi connectivity index (χ4n) is 3.07. The van der Waals surface area contributed by atoms with Crippen LogP contribution in [-0.4, -0.2) is 42.8 Å². The highest BCUT2D eigenvalue weighted by Gasteiger charge is 2.38. The number of carbonyl (C=O) groups is 3. The van der Waals surface area contributed by atoms with Crippen molar-refractivity contribution in [2.45, 2.75) is 25.4 Å². The molecule has 0 bridgehead atoms. The van der Waals surface area contributed by atoms with Crippen LogP contribution in [0.25, 0.3) is 11.1 Å². The van der Waals surface area contributed by atoms with E-state index >= 15 is 0 Å². The number of ether oxygens (including phenoxy) is 1. The summed E-state index contributed by atoms with van der Waals surface area (Å²) in [5.41, 5.74) is 4.00. The average molecular weight is 532 g/mol. The Kier molecular flexibility index (Phi) is 11.8. The van der Waals surface area contributed by atoms with Gasteiger partial charge < -0.3 is 25.8 Å². The van der Waals surface area contributed by atoms with Crippen LogP contribution in [0.15, 0.2) is 84.9 Å². The Morgan fingerprint density at radius 2 is 1.37 bits per heavy atom. The zero-order chi connectivity index (χ0) is 28.0. The van der Waals surface area contributed by atoms with Crippen molar-refractivity contribution in [3.63, 3.8) is 0 Å². The number of amides is 3. The molecular weight excluding hydrogens is 503 g/mol. The fraction of sp³-hybridized carbons (Fsp3) is 0.222. The summed E-state index contributed by atoms with van der Waals surface area (Å²) in [5.74, 6) is -2.96. The van der Waals surface area contributed by atoms with Crippen LogP contribution in [0.4, 0.5) is 18.0 Å². The van der Waals surface area contributed by atoms with Crippen molar-refractivity contribution in [1.82, 2.24) is 16.0 Å². The Bertz CT molecular complexity index is 1160. The molecule has 3 amide bonds. The van der Waals surface area contributed by atoms with Crippen LogP contribution in [0.5, 0.6) is 0 Å². The second-order valence-corrected chi connectivity index (χ2v) is 7.80. The van der Waals surface area contributed by atoms with Crippen LogP contribution in [0.2, 0.25) is 0 Å². The number of carbonyl (C=O) groups excluding carboxylic acids is 2. The molecule has 3 aromatic rings. The molecule has 0 saturated carbocycles. The van der Waals surface area contributed by atoms with E-state index in [9.17, 15) is 22.8 Å². The molecule has 0 aliphatic carbocycles. The lowest BCUT2D eigenvalue weighted by atomic mass is 10.0. The maximum Gasteiger partial charge on any atom is 0.490 e. The van der Waals surface area contributed by atoms with Crippen LogP contribution in [0.3, 0.4) is 0 Å². The van der Waals surface area contributed by atoms with Gasteiger partial charge in [-0.1, -0.05) is 84.9 Å². The first-order valence-corrected chi connectivity index (χ1v) is 11.4. The van der Waals surface area contributed by atoms with Gasteiger partial charge in [-0.25, -0.2) is 9.59 Å². The number of benzene rings is 3. The number of nitrogens with one attached hydrogen (secondary N) is 3. The standard InChI is InChI=1S/C25H27N3O3.C2HF3O2/c1-26-25(30)28-24(22-14-12-21(13-15-22)20-10-6-3-7-11-20)27-23(29)16-17-31-18-19-8-4-2-5-9-19;3-2(4,5)1(6)7/h2-15,24H,16-18H2,1H3,(H,27,29)(H2,26,28,30);(H,6,7). The molecule has 0 saturated heterocycles. The van der Waals surface area contributed by atoms with Crippen molar-refractivity contribution in [1.29, 1.82) is 0 Å². The van der Waals surface area contributed by atoms with Gasteiger partial charge in [0, 0.05) is 7.05 Å². The molecule has 0 aliphatic rings. The Hall–Kier alpha value is -4.38. The summed E-state index contributed by atoms with van der Waals surface area (Å²) in [6.07, 6.45) is -5.53.